The van der Waals surface area contributed by atoms with Gasteiger partial charge in [-0.15, -0.1) is 0 Å². The maximum Gasteiger partial charge on any atom is 0.338 e. The van der Waals surface area contributed by atoms with Crippen molar-refractivity contribution in [2.45, 2.75) is 46.0 Å². The molecular weight excluding hydrogens is 228 g/mol. The van der Waals surface area contributed by atoms with Crippen LogP contribution in [0, 0.1) is 5.41 Å². The van der Waals surface area contributed by atoms with Gasteiger partial charge in [0.25, 0.3) is 0 Å². The molecule has 0 amide bonds. The summed E-state index contributed by atoms with van der Waals surface area (Å²) in [4.78, 5) is 11.9. The molecule has 0 radical (unpaired) electrons. The van der Waals surface area contributed by atoms with Crippen molar-refractivity contribution in [3.8, 4) is 0 Å². The first-order valence-corrected chi connectivity index (χ1v) is 6.26. The van der Waals surface area contributed by atoms with Crippen LogP contribution in [-0.4, -0.2) is 17.9 Å². The molecule has 2 atom stereocenters. The summed E-state index contributed by atoms with van der Waals surface area (Å²) in [5.41, 5.74) is 0.839. The number of carbonyl (C=O) groups excluding carboxylic acids is 1. The highest BCUT2D eigenvalue weighted by atomic mass is 16.8. The molecule has 0 bridgehead atoms. The average molecular weight is 248 g/mol. The van der Waals surface area contributed by atoms with E-state index in [0.717, 1.165) is 5.56 Å². The lowest BCUT2D eigenvalue weighted by molar-refractivity contribution is -0.217. The van der Waals surface area contributed by atoms with E-state index in [1.165, 1.54) is 0 Å². The molecule has 1 heterocycles. The van der Waals surface area contributed by atoms with Crippen LogP contribution < -0.4 is 0 Å². The van der Waals surface area contributed by atoms with Crippen LogP contribution in [0.4, 0.5) is 0 Å². The number of cyclic esters (lactones) is 1. The van der Waals surface area contributed by atoms with Gasteiger partial charge < -0.3 is 9.47 Å². The van der Waals surface area contributed by atoms with Crippen molar-refractivity contribution >= 4 is 5.97 Å². The second kappa shape index (κ2) is 4.39. The van der Waals surface area contributed by atoms with Crippen LogP contribution in [-0.2, 0) is 20.7 Å². The first-order chi connectivity index (χ1) is 8.32. The average Bonchev–Trinajstić information content (AvgIpc) is 2.56. The summed E-state index contributed by atoms with van der Waals surface area (Å²) < 4.78 is 11.3. The van der Waals surface area contributed by atoms with Gasteiger partial charge in [0.1, 0.15) is 0 Å². The molecule has 0 N–H and O–H groups in total. The van der Waals surface area contributed by atoms with E-state index in [1.807, 2.05) is 58.0 Å². The highest BCUT2D eigenvalue weighted by Crippen LogP contribution is 2.40. The molecule has 1 aromatic carbocycles. The summed E-state index contributed by atoms with van der Waals surface area (Å²) in [7, 11) is 0. The fourth-order valence-corrected chi connectivity index (χ4v) is 1.88. The van der Waals surface area contributed by atoms with E-state index in [1.54, 1.807) is 0 Å². The van der Waals surface area contributed by atoms with Crippen molar-refractivity contribution in [2.24, 2.45) is 5.41 Å². The second-order valence-electron chi connectivity index (χ2n) is 5.91. The van der Waals surface area contributed by atoms with E-state index in [9.17, 15) is 4.79 Å². The molecule has 18 heavy (non-hydrogen) atoms. The molecule has 3 nitrogen and oxygen atoms in total. The summed E-state index contributed by atoms with van der Waals surface area (Å²) in [5.74, 6) is -1.11. The molecular formula is C15H20O3. The van der Waals surface area contributed by atoms with Gasteiger partial charge in [-0.3, -0.25) is 0 Å². The summed E-state index contributed by atoms with van der Waals surface area (Å²) in [6.07, 6.45) is 0.0577. The Morgan fingerprint density at radius 3 is 2.33 bits per heavy atom. The Balaban J connectivity index is 2.11. The van der Waals surface area contributed by atoms with Gasteiger partial charge in [-0.1, -0.05) is 51.1 Å². The minimum Gasteiger partial charge on any atom is -0.431 e. The van der Waals surface area contributed by atoms with Gasteiger partial charge in [0.05, 0.1) is 0 Å². The Morgan fingerprint density at radius 2 is 1.83 bits per heavy atom. The SMILES string of the molecule is CC(C)(C)[C@@]1(C)OC(=O)[C@H](Cc2ccccc2)O1. The predicted molar refractivity (Wildman–Crippen MR) is 69.0 cm³/mol. The second-order valence-corrected chi connectivity index (χ2v) is 5.91. The molecule has 1 saturated heterocycles. The molecule has 1 aliphatic heterocycles. The third-order valence-corrected chi connectivity index (χ3v) is 3.55. The van der Waals surface area contributed by atoms with Crippen molar-refractivity contribution in [3.05, 3.63) is 35.9 Å². The van der Waals surface area contributed by atoms with Gasteiger partial charge in [0.2, 0.25) is 5.79 Å². The minimum atomic E-state index is -0.844. The van der Waals surface area contributed by atoms with E-state index >= 15 is 0 Å². The van der Waals surface area contributed by atoms with Gasteiger partial charge in [-0.25, -0.2) is 4.79 Å². The largest absolute Gasteiger partial charge is 0.431 e. The molecule has 3 heteroatoms. The van der Waals surface area contributed by atoms with Gasteiger partial charge in [-0.2, -0.15) is 0 Å². The number of esters is 1. The molecule has 0 spiro atoms. The Kier molecular flexibility index (Phi) is 3.20. The van der Waals surface area contributed by atoms with Crippen LogP contribution in [0.3, 0.4) is 0 Å². The Hall–Kier alpha value is -1.35. The van der Waals surface area contributed by atoms with Crippen molar-refractivity contribution < 1.29 is 14.3 Å². The molecule has 1 aliphatic rings. The summed E-state index contributed by atoms with van der Waals surface area (Å²) >= 11 is 0. The molecule has 2 rings (SSSR count). The van der Waals surface area contributed by atoms with Crippen LogP contribution >= 0.6 is 0 Å². The van der Waals surface area contributed by atoms with Crippen molar-refractivity contribution in [1.29, 1.82) is 0 Å². The van der Waals surface area contributed by atoms with Gasteiger partial charge >= 0.3 is 5.97 Å². The van der Waals surface area contributed by atoms with Crippen LogP contribution in [0.2, 0.25) is 0 Å². The number of benzene rings is 1. The van der Waals surface area contributed by atoms with Crippen molar-refractivity contribution in [1.82, 2.24) is 0 Å². The zero-order chi connectivity index (χ0) is 13.4. The normalized spacial score (nSPS) is 28.2. The lowest BCUT2D eigenvalue weighted by Gasteiger charge is -2.35. The van der Waals surface area contributed by atoms with Crippen LogP contribution in [0.25, 0.3) is 0 Å². The third kappa shape index (κ3) is 2.41. The fourth-order valence-electron chi connectivity index (χ4n) is 1.88. The van der Waals surface area contributed by atoms with Gasteiger partial charge in [0, 0.05) is 18.8 Å². The zero-order valence-corrected chi connectivity index (χ0v) is 11.4. The van der Waals surface area contributed by atoms with E-state index < -0.39 is 11.9 Å². The van der Waals surface area contributed by atoms with E-state index in [0.29, 0.717) is 6.42 Å². The molecule has 0 aromatic heterocycles. The monoisotopic (exact) mass is 248 g/mol. The number of hydrogen-bond acceptors (Lipinski definition) is 3. The number of rotatable bonds is 2. The van der Waals surface area contributed by atoms with E-state index in [4.69, 9.17) is 9.47 Å². The Morgan fingerprint density at radius 1 is 1.22 bits per heavy atom. The van der Waals surface area contributed by atoms with Gasteiger partial charge in [0.15, 0.2) is 6.10 Å². The Labute approximate surface area is 108 Å². The maximum atomic E-state index is 11.9. The highest BCUT2D eigenvalue weighted by molar-refractivity contribution is 5.77. The summed E-state index contributed by atoms with van der Waals surface area (Å²) in [5, 5.41) is 0. The predicted octanol–water partition coefficient (Wildman–Crippen LogP) is 2.93. The summed E-state index contributed by atoms with van der Waals surface area (Å²) in [6, 6.07) is 9.85. The van der Waals surface area contributed by atoms with Crippen molar-refractivity contribution in [3.63, 3.8) is 0 Å². The topological polar surface area (TPSA) is 35.5 Å². The van der Waals surface area contributed by atoms with Crippen molar-refractivity contribution in [2.75, 3.05) is 0 Å². The maximum absolute atomic E-state index is 11.9. The van der Waals surface area contributed by atoms with Crippen LogP contribution in [0.5, 0.6) is 0 Å². The molecule has 1 aromatic rings. The third-order valence-electron chi connectivity index (χ3n) is 3.55. The number of ether oxygens (including phenoxy) is 2. The van der Waals surface area contributed by atoms with E-state index in [2.05, 4.69) is 0 Å². The van der Waals surface area contributed by atoms with Gasteiger partial charge in [-0.05, 0) is 5.56 Å². The summed E-state index contributed by atoms with van der Waals surface area (Å²) in [6.45, 7) is 7.84. The fraction of sp³-hybridized carbons (Fsp3) is 0.533. The first-order valence-electron chi connectivity index (χ1n) is 6.26. The molecule has 0 unspecified atom stereocenters. The molecule has 98 valence electrons. The molecule has 1 fully saturated rings. The molecule has 0 saturated carbocycles. The Bertz CT molecular complexity index is 433. The lowest BCUT2D eigenvalue weighted by atomic mass is 9.87. The number of hydrogen-bond donors (Lipinski definition) is 0. The smallest absolute Gasteiger partial charge is 0.338 e. The lowest BCUT2D eigenvalue weighted by Crippen LogP contribution is -2.41. The quantitative estimate of drug-likeness (QED) is 0.755. The number of carbonyl (C=O) groups is 1. The molecule has 0 aliphatic carbocycles. The standard InChI is InChI=1S/C15H20O3/c1-14(2,3)15(4)17-12(13(16)18-15)10-11-8-6-5-7-9-11/h5-9,12H,10H2,1-4H3/t12-,15+/m0/s1. The minimum absolute atomic E-state index is 0.242. The zero-order valence-electron chi connectivity index (χ0n) is 11.4. The highest BCUT2D eigenvalue weighted by Gasteiger charge is 2.51. The van der Waals surface area contributed by atoms with Crippen LogP contribution in [0.1, 0.15) is 33.3 Å². The van der Waals surface area contributed by atoms with Crippen LogP contribution in [0.15, 0.2) is 30.3 Å². The van der Waals surface area contributed by atoms with E-state index in [-0.39, 0.29) is 11.4 Å². The first kappa shape index (κ1) is 13.1.